The number of aromatic nitrogens is 1. The van der Waals surface area contributed by atoms with Crippen LogP contribution in [-0.4, -0.2) is 44.2 Å². The van der Waals surface area contributed by atoms with Gasteiger partial charge in [-0.3, -0.25) is 4.79 Å². The van der Waals surface area contributed by atoms with Crippen molar-refractivity contribution in [2.75, 3.05) is 28.4 Å². The number of thiazole rings is 1. The van der Waals surface area contributed by atoms with Gasteiger partial charge in [0.15, 0.2) is 11.5 Å². The second kappa shape index (κ2) is 7.61. The molecular weight excluding hydrogens is 352 g/mol. The summed E-state index contributed by atoms with van der Waals surface area (Å²) in [7, 11) is 6.33. The second-order valence-electron chi connectivity index (χ2n) is 5.64. The molecule has 136 valence electrons. The minimum absolute atomic E-state index is 0.179. The number of carbonyl (C=O) groups excluding carboxylic acids is 1. The topological polar surface area (TPSA) is 60.9 Å². The Kier molecular flexibility index (Phi) is 5.27. The lowest BCUT2D eigenvalue weighted by atomic mass is 10.1. The van der Waals surface area contributed by atoms with Crippen molar-refractivity contribution in [2.24, 2.45) is 0 Å². The van der Waals surface area contributed by atoms with E-state index >= 15 is 0 Å². The third kappa shape index (κ3) is 3.43. The fourth-order valence-electron chi connectivity index (χ4n) is 2.66. The minimum atomic E-state index is -0.179. The first kappa shape index (κ1) is 18.0. The van der Waals surface area contributed by atoms with Crippen LogP contribution in [-0.2, 0) is 6.54 Å². The van der Waals surface area contributed by atoms with Crippen molar-refractivity contribution < 1.29 is 19.0 Å². The van der Waals surface area contributed by atoms with Gasteiger partial charge in [-0.2, -0.15) is 0 Å². The van der Waals surface area contributed by atoms with E-state index in [1.807, 2.05) is 24.3 Å². The van der Waals surface area contributed by atoms with Gasteiger partial charge in [0, 0.05) is 19.2 Å². The van der Waals surface area contributed by atoms with Gasteiger partial charge in [-0.15, -0.1) is 11.3 Å². The molecule has 0 N–H and O–H groups in total. The molecule has 0 spiro atoms. The average Bonchev–Trinajstić information content (AvgIpc) is 3.08. The number of benzene rings is 2. The highest BCUT2D eigenvalue weighted by molar-refractivity contribution is 7.18. The molecule has 0 radical (unpaired) electrons. The fourth-order valence-corrected chi connectivity index (χ4v) is 3.69. The van der Waals surface area contributed by atoms with E-state index in [1.165, 1.54) is 21.3 Å². The van der Waals surface area contributed by atoms with Crippen LogP contribution in [0.15, 0.2) is 36.4 Å². The molecule has 0 atom stereocenters. The molecule has 2 aromatic carbocycles. The highest BCUT2D eigenvalue weighted by atomic mass is 32.1. The number of nitrogens with zero attached hydrogens (tertiary/aromatic N) is 2. The van der Waals surface area contributed by atoms with E-state index in [0.29, 0.717) is 29.4 Å². The number of hydrogen-bond acceptors (Lipinski definition) is 6. The summed E-state index contributed by atoms with van der Waals surface area (Å²) in [6, 6.07) is 11.2. The van der Waals surface area contributed by atoms with Crippen LogP contribution in [0.3, 0.4) is 0 Å². The van der Waals surface area contributed by atoms with Gasteiger partial charge in [0.05, 0.1) is 43.7 Å². The van der Waals surface area contributed by atoms with Crippen molar-refractivity contribution in [3.63, 3.8) is 0 Å². The Labute approximate surface area is 155 Å². The maximum Gasteiger partial charge on any atom is 0.257 e. The molecule has 0 bridgehead atoms. The van der Waals surface area contributed by atoms with Crippen molar-refractivity contribution in [3.8, 4) is 17.2 Å². The van der Waals surface area contributed by atoms with E-state index in [4.69, 9.17) is 14.2 Å². The molecule has 6 nitrogen and oxygen atoms in total. The molecular formula is C19H20N2O4S. The summed E-state index contributed by atoms with van der Waals surface area (Å²) in [5, 5.41) is 0.876. The van der Waals surface area contributed by atoms with E-state index in [2.05, 4.69) is 4.98 Å². The third-order valence-corrected chi connectivity index (χ3v) is 5.01. The van der Waals surface area contributed by atoms with Gasteiger partial charge >= 0.3 is 0 Å². The first-order valence-electron chi connectivity index (χ1n) is 7.97. The van der Waals surface area contributed by atoms with E-state index in [9.17, 15) is 4.79 Å². The van der Waals surface area contributed by atoms with E-state index < -0.39 is 0 Å². The molecule has 0 saturated carbocycles. The first-order chi connectivity index (χ1) is 12.6. The Morgan fingerprint density at radius 3 is 2.35 bits per heavy atom. The summed E-state index contributed by atoms with van der Waals surface area (Å²) in [6.07, 6.45) is 0. The van der Waals surface area contributed by atoms with Crippen LogP contribution in [0.25, 0.3) is 10.2 Å². The molecule has 0 aliphatic rings. The second-order valence-corrected chi connectivity index (χ2v) is 6.76. The number of amides is 1. The molecule has 0 fully saturated rings. The fraction of sp³-hybridized carbons (Fsp3) is 0.263. The summed E-state index contributed by atoms with van der Waals surface area (Å²) in [5.41, 5.74) is 1.35. The Morgan fingerprint density at radius 1 is 1.04 bits per heavy atom. The van der Waals surface area contributed by atoms with Crippen LogP contribution < -0.4 is 14.2 Å². The number of carbonyl (C=O) groups is 1. The molecule has 0 unspecified atom stereocenters. The number of methoxy groups -OCH3 is 3. The smallest absolute Gasteiger partial charge is 0.257 e. The van der Waals surface area contributed by atoms with Gasteiger partial charge in [0.2, 0.25) is 0 Å². The maximum absolute atomic E-state index is 12.9. The van der Waals surface area contributed by atoms with Crippen LogP contribution in [0.5, 0.6) is 17.2 Å². The lowest BCUT2D eigenvalue weighted by Gasteiger charge is -2.19. The normalized spacial score (nSPS) is 10.6. The molecule has 1 heterocycles. The van der Waals surface area contributed by atoms with Crippen LogP contribution in [0.4, 0.5) is 0 Å². The molecule has 1 amide bonds. The summed E-state index contributed by atoms with van der Waals surface area (Å²) < 4.78 is 17.0. The van der Waals surface area contributed by atoms with Crippen LogP contribution in [0.2, 0.25) is 0 Å². The van der Waals surface area contributed by atoms with Gasteiger partial charge in [-0.05, 0) is 12.1 Å². The van der Waals surface area contributed by atoms with E-state index in [-0.39, 0.29) is 5.91 Å². The summed E-state index contributed by atoms with van der Waals surface area (Å²) in [4.78, 5) is 19.1. The SMILES string of the molecule is COc1cc(OC)c(C(=O)N(C)Cc2nc3ccccc3s2)cc1OC. The molecule has 3 rings (SSSR count). The first-order valence-corrected chi connectivity index (χ1v) is 8.79. The molecule has 7 heteroatoms. The van der Waals surface area contributed by atoms with E-state index in [0.717, 1.165) is 15.2 Å². The molecule has 1 aromatic heterocycles. The van der Waals surface area contributed by atoms with Gasteiger partial charge in [0.25, 0.3) is 5.91 Å². The Morgan fingerprint density at radius 2 is 1.69 bits per heavy atom. The minimum Gasteiger partial charge on any atom is -0.496 e. The predicted octanol–water partition coefficient (Wildman–Crippen LogP) is 3.59. The zero-order valence-corrected chi connectivity index (χ0v) is 15.9. The van der Waals surface area contributed by atoms with E-state index in [1.54, 1.807) is 35.4 Å². The summed E-state index contributed by atoms with van der Waals surface area (Å²) >= 11 is 1.58. The maximum atomic E-state index is 12.9. The largest absolute Gasteiger partial charge is 0.496 e. The molecule has 0 aliphatic carbocycles. The highest BCUT2D eigenvalue weighted by Crippen LogP contribution is 2.35. The molecule has 3 aromatic rings. The quantitative estimate of drug-likeness (QED) is 0.662. The molecule has 26 heavy (non-hydrogen) atoms. The summed E-state index contributed by atoms with van der Waals surface area (Å²) in [5.74, 6) is 1.24. The summed E-state index contributed by atoms with van der Waals surface area (Å²) in [6.45, 7) is 0.412. The Balaban J connectivity index is 1.87. The standard InChI is InChI=1S/C19H20N2O4S/c1-21(11-18-20-13-7-5-6-8-17(13)26-18)19(22)12-9-15(24-3)16(25-4)10-14(12)23-2/h5-10H,11H2,1-4H3. The van der Waals surface area contributed by atoms with Gasteiger partial charge < -0.3 is 19.1 Å². The van der Waals surface area contributed by atoms with Crippen molar-refractivity contribution >= 4 is 27.5 Å². The van der Waals surface area contributed by atoms with Crippen LogP contribution in [0.1, 0.15) is 15.4 Å². The number of ether oxygens (including phenoxy) is 3. The zero-order valence-electron chi connectivity index (χ0n) is 15.1. The molecule has 0 aliphatic heterocycles. The molecule has 0 saturated heterocycles. The number of para-hydroxylation sites is 1. The Bertz CT molecular complexity index is 905. The Hall–Kier alpha value is -2.80. The van der Waals surface area contributed by atoms with Crippen molar-refractivity contribution in [1.29, 1.82) is 0 Å². The lowest BCUT2D eigenvalue weighted by Crippen LogP contribution is -2.26. The van der Waals surface area contributed by atoms with Crippen LogP contribution >= 0.6 is 11.3 Å². The predicted molar refractivity (Wildman–Crippen MR) is 102 cm³/mol. The van der Waals surface area contributed by atoms with Crippen molar-refractivity contribution in [3.05, 3.63) is 47.0 Å². The van der Waals surface area contributed by atoms with Gasteiger partial charge in [0.1, 0.15) is 10.8 Å². The van der Waals surface area contributed by atoms with Crippen LogP contribution in [0, 0.1) is 0 Å². The van der Waals surface area contributed by atoms with Gasteiger partial charge in [-0.1, -0.05) is 12.1 Å². The number of hydrogen-bond donors (Lipinski definition) is 0. The lowest BCUT2D eigenvalue weighted by molar-refractivity contribution is 0.0781. The average molecular weight is 372 g/mol. The third-order valence-electron chi connectivity index (χ3n) is 3.99. The number of fused-ring (bicyclic) bond motifs is 1. The highest BCUT2D eigenvalue weighted by Gasteiger charge is 2.21. The van der Waals surface area contributed by atoms with Gasteiger partial charge in [-0.25, -0.2) is 4.98 Å². The zero-order chi connectivity index (χ0) is 18.7. The monoisotopic (exact) mass is 372 g/mol. The van der Waals surface area contributed by atoms with Crippen molar-refractivity contribution in [1.82, 2.24) is 9.88 Å². The van der Waals surface area contributed by atoms with Crippen molar-refractivity contribution in [2.45, 2.75) is 6.54 Å². The number of rotatable bonds is 6.